The molecule has 0 amide bonds. The highest BCUT2D eigenvalue weighted by Gasteiger charge is 2.21. The number of para-hydroxylation sites is 1. The van der Waals surface area contributed by atoms with Crippen molar-refractivity contribution in [3.63, 3.8) is 0 Å². The summed E-state index contributed by atoms with van der Waals surface area (Å²) in [6.07, 6.45) is 0. The van der Waals surface area contributed by atoms with E-state index in [4.69, 9.17) is 14.2 Å². The molecule has 0 radical (unpaired) electrons. The number of ether oxygens (including phenoxy) is 3. The van der Waals surface area contributed by atoms with Crippen LogP contribution in [-0.4, -0.2) is 53.9 Å². The molecule has 9 nitrogen and oxygen atoms in total. The van der Waals surface area contributed by atoms with Gasteiger partial charge in [0.2, 0.25) is 5.96 Å². The zero-order valence-corrected chi connectivity index (χ0v) is 17.3. The maximum Gasteiger partial charge on any atom is 0.264 e. The standard InChI is InChI=1S/C19H24N4O5S/c1-26-16-7-5-4-6-14(16)11-23-12-20-19(21-13-23)22-29(24,25)15-8-9-17(27-2)18(10-15)28-3/h4-10H,11-13H2,1-3H3,(H2,20,21,22). The maximum absolute atomic E-state index is 12.7. The minimum atomic E-state index is -3.82. The number of aliphatic imine (C=N–C) groups is 1. The van der Waals surface area contributed by atoms with Crippen LogP contribution in [0.4, 0.5) is 0 Å². The van der Waals surface area contributed by atoms with Crippen LogP contribution < -0.4 is 24.2 Å². The number of hydrogen-bond acceptors (Lipinski definition) is 8. The number of nitrogens with one attached hydrogen (secondary N) is 2. The summed E-state index contributed by atoms with van der Waals surface area (Å²) in [7, 11) is 0.747. The molecule has 2 N–H and O–H groups in total. The summed E-state index contributed by atoms with van der Waals surface area (Å²) in [5.41, 5.74) is 1.03. The third kappa shape index (κ3) is 4.90. The molecule has 0 saturated carbocycles. The molecule has 2 aromatic carbocycles. The molecule has 1 heterocycles. The average molecular weight is 420 g/mol. The van der Waals surface area contributed by atoms with Gasteiger partial charge in [-0.25, -0.2) is 18.1 Å². The van der Waals surface area contributed by atoms with Crippen molar-refractivity contribution >= 4 is 16.0 Å². The van der Waals surface area contributed by atoms with E-state index >= 15 is 0 Å². The van der Waals surface area contributed by atoms with Crippen LogP contribution in [0.5, 0.6) is 17.2 Å². The lowest BCUT2D eigenvalue weighted by molar-refractivity contribution is 0.251. The lowest BCUT2D eigenvalue weighted by Gasteiger charge is -2.27. The minimum Gasteiger partial charge on any atom is -0.496 e. The monoisotopic (exact) mass is 420 g/mol. The Morgan fingerprint density at radius 2 is 1.76 bits per heavy atom. The summed E-state index contributed by atoms with van der Waals surface area (Å²) in [6.45, 7) is 1.40. The van der Waals surface area contributed by atoms with E-state index in [0.29, 0.717) is 31.4 Å². The second-order valence-corrected chi connectivity index (χ2v) is 7.93. The van der Waals surface area contributed by atoms with Gasteiger partial charge < -0.3 is 19.5 Å². The zero-order valence-electron chi connectivity index (χ0n) is 16.5. The van der Waals surface area contributed by atoms with E-state index in [1.54, 1.807) is 13.2 Å². The Labute approximate surface area is 170 Å². The first kappa shape index (κ1) is 20.7. The van der Waals surface area contributed by atoms with E-state index in [-0.39, 0.29) is 10.9 Å². The van der Waals surface area contributed by atoms with Crippen molar-refractivity contribution in [3.8, 4) is 17.2 Å². The second kappa shape index (κ2) is 9.01. The van der Waals surface area contributed by atoms with Crippen LogP contribution in [0.1, 0.15) is 5.56 Å². The molecular formula is C19H24N4O5S. The number of hydrogen-bond donors (Lipinski definition) is 2. The van der Waals surface area contributed by atoms with E-state index < -0.39 is 10.0 Å². The van der Waals surface area contributed by atoms with Crippen molar-refractivity contribution in [1.29, 1.82) is 0 Å². The summed E-state index contributed by atoms with van der Waals surface area (Å²) in [5.74, 6) is 1.77. The highest BCUT2D eigenvalue weighted by Crippen LogP contribution is 2.29. The molecule has 1 aliphatic rings. The van der Waals surface area contributed by atoms with Gasteiger partial charge in [-0.15, -0.1) is 0 Å². The normalized spacial score (nSPS) is 14.5. The van der Waals surface area contributed by atoms with Crippen LogP contribution in [-0.2, 0) is 16.6 Å². The highest BCUT2D eigenvalue weighted by molar-refractivity contribution is 7.90. The van der Waals surface area contributed by atoms with Crippen molar-refractivity contribution in [2.24, 2.45) is 4.99 Å². The van der Waals surface area contributed by atoms with Gasteiger partial charge in [0, 0.05) is 18.2 Å². The summed E-state index contributed by atoms with van der Waals surface area (Å²) in [5, 5.41) is 2.99. The Bertz CT molecular complexity index is 994. The molecule has 29 heavy (non-hydrogen) atoms. The van der Waals surface area contributed by atoms with Crippen LogP contribution in [0.25, 0.3) is 0 Å². The maximum atomic E-state index is 12.7. The molecule has 0 unspecified atom stereocenters. The summed E-state index contributed by atoms with van der Waals surface area (Å²) in [6, 6.07) is 12.1. The zero-order chi connectivity index (χ0) is 20.9. The van der Waals surface area contributed by atoms with Gasteiger partial charge >= 0.3 is 0 Å². The van der Waals surface area contributed by atoms with Crippen LogP contribution >= 0.6 is 0 Å². The first-order valence-electron chi connectivity index (χ1n) is 8.84. The summed E-state index contributed by atoms with van der Waals surface area (Å²) in [4.78, 5) is 6.37. The number of nitrogens with zero attached hydrogens (tertiary/aromatic N) is 2. The molecule has 0 bridgehead atoms. The van der Waals surface area contributed by atoms with E-state index in [2.05, 4.69) is 15.0 Å². The quantitative estimate of drug-likeness (QED) is 0.698. The molecule has 156 valence electrons. The Hall–Kier alpha value is -2.98. The van der Waals surface area contributed by atoms with Gasteiger partial charge in [-0.1, -0.05) is 18.2 Å². The fourth-order valence-corrected chi connectivity index (χ4v) is 3.90. The van der Waals surface area contributed by atoms with E-state index in [0.717, 1.165) is 11.3 Å². The van der Waals surface area contributed by atoms with Gasteiger partial charge in [0.1, 0.15) is 5.75 Å². The van der Waals surface area contributed by atoms with Crippen molar-refractivity contribution in [2.45, 2.75) is 11.4 Å². The van der Waals surface area contributed by atoms with Gasteiger partial charge in [-0.3, -0.25) is 4.90 Å². The molecule has 1 aliphatic heterocycles. The molecule has 10 heteroatoms. The molecule has 0 atom stereocenters. The SMILES string of the molecule is COc1ccccc1CN1CN=C(NS(=O)(=O)c2ccc(OC)c(OC)c2)NC1. The predicted molar refractivity (Wildman–Crippen MR) is 109 cm³/mol. The number of benzene rings is 2. The number of guanidine groups is 1. The molecular weight excluding hydrogens is 396 g/mol. The van der Waals surface area contributed by atoms with Crippen LogP contribution in [0.3, 0.4) is 0 Å². The van der Waals surface area contributed by atoms with Crippen molar-refractivity contribution in [2.75, 3.05) is 34.7 Å². The van der Waals surface area contributed by atoms with Crippen LogP contribution in [0.2, 0.25) is 0 Å². The molecule has 2 aromatic rings. The predicted octanol–water partition coefficient (Wildman–Crippen LogP) is 1.37. The van der Waals surface area contributed by atoms with Crippen molar-refractivity contribution < 1.29 is 22.6 Å². The lowest BCUT2D eigenvalue weighted by atomic mass is 10.2. The third-order valence-corrected chi connectivity index (χ3v) is 5.72. The average Bonchev–Trinajstić information content (AvgIpc) is 2.74. The Morgan fingerprint density at radius 1 is 1.03 bits per heavy atom. The smallest absolute Gasteiger partial charge is 0.264 e. The summed E-state index contributed by atoms with van der Waals surface area (Å²) < 4.78 is 43.5. The molecule has 0 aliphatic carbocycles. The summed E-state index contributed by atoms with van der Waals surface area (Å²) >= 11 is 0. The van der Waals surface area contributed by atoms with Crippen molar-refractivity contribution in [1.82, 2.24) is 14.9 Å². The van der Waals surface area contributed by atoms with E-state index in [1.165, 1.54) is 26.4 Å². The van der Waals surface area contributed by atoms with Crippen LogP contribution in [0.15, 0.2) is 52.4 Å². The first-order valence-corrected chi connectivity index (χ1v) is 10.3. The van der Waals surface area contributed by atoms with Crippen LogP contribution in [0, 0.1) is 0 Å². The molecule has 3 rings (SSSR count). The van der Waals surface area contributed by atoms with E-state index in [1.807, 2.05) is 29.2 Å². The van der Waals surface area contributed by atoms with Gasteiger partial charge in [0.05, 0.1) is 39.6 Å². The Kier molecular flexibility index (Phi) is 6.45. The first-order chi connectivity index (χ1) is 14.0. The Balaban J connectivity index is 1.67. The Morgan fingerprint density at radius 3 is 2.41 bits per heavy atom. The molecule has 0 aromatic heterocycles. The number of sulfonamides is 1. The lowest BCUT2D eigenvalue weighted by Crippen LogP contribution is -2.49. The molecule has 0 saturated heterocycles. The van der Waals surface area contributed by atoms with Gasteiger partial charge in [-0.2, -0.15) is 0 Å². The largest absolute Gasteiger partial charge is 0.496 e. The fourth-order valence-electron chi connectivity index (χ4n) is 2.88. The topological polar surface area (TPSA) is 101 Å². The minimum absolute atomic E-state index is 0.0519. The van der Waals surface area contributed by atoms with Gasteiger partial charge in [0.15, 0.2) is 11.5 Å². The van der Waals surface area contributed by atoms with E-state index in [9.17, 15) is 8.42 Å². The third-order valence-electron chi connectivity index (χ3n) is 4.38. The number of rotatable bonds is 7. The highest BCUT2D eigenvalue weighted by atomic mass is 32.2. The number of methoxy groups -OCH3 is 3. The van der Waals surface area contributed by atoms with Gasteiger partial charge in [0.25, 0.3) is 10.0 Å². The second-order valence-electron chi connectivity index (χ2n) is 6.25. The van der Waals surface area contributed by atoms with Gasteiger partial charge in [-0.05, 0) is 18.2 Å². The molecule has 0 spiro atoms. The van der Waals surface area contributed by atoms with Crippen molar-refractivity contribution in [3.05, 3.63) is 48.0 Å². The fraction of sp³-hybridized carbons (Fsp3) is 0.316. The molecule has 0 fully saturated rings.